The summed E-state index contributed by atoms with van der Waals surface area (Å²) >= 11 is 0. The Morgan fingerprint density at radius 3 is 2.77 bits per heavy atom. The van der Waals surface area contributed by atoms with Gasteiger partial charge in [0.25, 0.3) is 5.76 Å². The lowest BCUT2D eigenvalue weighted by molar-refractivity contribution is 0.0560. The third-order valence-corrected chi connectivity index (χ3v) is 4.02. The van der Waals surface area contributed by atoms with Crippen molar-refractivity contribution in [3.8, 4) is 5.75 Å². The van der Waals surface area contributed by atoms with Crippen LogP contribution in [0.3, 0.4) is 0 Å². The van der Waals surface area contributed by atoms with Gasteiger partial charge in [0.15, 0.2) is 5.75 Å². The molecule has 2 aromatic rings. The summed E-state index contributed by atoms with van der Waals surface area (Å²) in [6.07, 6.45) is 3.82. The van der Waals surface area contributed by atoms with Crippen molar-refractivity contribution >= 4 is 16.9 Å². The number of likely N-dealkylation sites (tertiary alicyclic amines) is 1. The number of para-hydroxylation sites is 1. The van der Waals surface area contributed by atoms with Crippen LogP contribution in [0.15, 0.2) is 28.7 Å². The molecule has 0 N–H and O–H groups in total. The highest BCUT2D eigenvalue weighted by atomic mass is 16.5. The van der Waals surface area contributed by atoms with Crippen molar-refractivity contribution in [3.05, 3.63) is 30.0 Å². The summed E-state index contributed by atoms with van der Waals surface area (Å²) in [7, 11) is 1.34. The summed E-state index contributed by atoms with van der Waals surface area (Å²) in [5, 5.41) is 0.807. The fourth-order valence-electron chi connectivity index (χ4n) is 2.85. The number of rotatable bonds is 5. The third kappa shape index (κ3) is 3.09. The van der Waals surface area contributed by atoms with Crippen LogP contribution in [0.2, 0.25) is 0 Å². The van der Waals surface area contributed by atoms with Crippen LogP contribution >= 0.6 is 0 Å². The van der Waals surface area contributed by atoms with Crippen LogP contribution < -0.4 is 4.74 Å². The largest absolute Gasteiger partial charge is 0.487 e. The Kier molecular flexibility index (Phi) is 4.63. The second-order valence-corrected chi connectivity index (χ2v) is 5.50. The second kappa shape index (κ2) is 6.83. The van der Waals surface area contributed by atoms with Crippen molar-refractivity contribution in [3.63, 3.8) is 0 Å². The van der Waals surface area contributed by atoms with Crippen LogP contribution in [0.5, 0.6) is 5.75 Å². The first-order chi connectivity index (χ1) is 10.8. The number of esters is 1. The van der Waals surface area contributed by atoms with E-state index in [0.717, 1.165) is 25.0 Å². The van der Waals surface area contributed by atoms with E-state index in [0.29, 0.717) is 17.9 Å². The van der Waals surface area contributed by atoms with Crippen molar-refractivity contribution < 1.29 is 18.7 Å². The lowest BCUT2D eigenvalue weighted by Gasteiger charge is -2.26. The number of piperidine rings is 1. The van der Waals surface area contributed by atoms with Crippen molar-refractivity contribution in [2.45, 2.75) is 19.3 Å². The molecule has 1 aliphatic rings. The fourth-order valence-corrected chi connectivity index (χ4v) is 2.85. The van der Waals surface area contributed by atoms with Crippen LogP contribution in [0, 0.1) is 0 Å². The van der Waals surface area contributed by atoms with Gasteiger partial charge in [-0.25, -0.2) is 4.79 Å². The number of nitrogens with zero attached hydrogens (tertiary/aromatic N) is 1. The SMILES string of the molecule is COC(=O)c1oc2ccccc2c1OCCN1CCCCC1. The molecule has 0 spiro atoms. The van der Waals surface area contributed by atoms with Gasteiger partial charge in [-0.3, -0.25) is 4.90 Å². The van der Waals surface area contributed by atoms with Crippen LogP contribution in [-0.2, 0) is 4.74 Å². The average molecular weight is 303 g/mol. The maximum atomic E-state index is 11.9. The van der Waals surface area contributed by atoms with E-state index < -0.39 is 5.97 Å². The van der Waals surface area contributed by atoms with E-state index in [2.05, 4.69) is 4.90 Å². The van der Waals surface area contributed by atoms with Gasteiger partial charge in [0.2, 0.25) is 0 Å². The Bertz CT molecular complexity index is 643. The molecular formula is C17H21NO4. The quantitative estimate of drug-likeness (QED) is 0.795. The lowest BCUT2D eigenvalue weighted by Crippen LogP contribution is -2.33. The zero-order valence-corrected chi connectivity index (χ0v) is 12.8. The molecule has 2 heterocycles. The Hall–Kier alpha value is -2.01. The molecule has 1 fully saturated rings. The van der Waals surface area contributed by atoms with Gasteiger partial charge < -0.3 is 13.9 Å². The number of benzene rings is 1. The number of methoxy groups -OCH3 is 1. The Balaban J connectivity index is 1.74. The standard InChI is InChI=1S/C17H21NO4/c1-20-17(19)16-15(13-7-3-4-8-14(13)22-16)21-12-11-18-9-5-2-6-10-18/h3-4,7-8H,2,5-6,9-12H2,1H3. The molecular weight excluding hydrogens is 282 g/mol. The van der Waals surface area contributed by atoms with Gasteiger partial charge in [0.1, 0.15) is 12.2 Å². The Morgan fingerprint density at radius 2 is 2.00 bits per heavy atom. The van der Waals surface area contributed by atoms with Crippen LogP contribution in [0.4, 0.5) is 0 Å². The predicted octanol–water partition coefficient (Wildman–Crippen LogP) is 3.08. The summed E-state index contributed by atoms with van der Waals surface area (Å²) in [4.78, 5) is 14.3. The highest BCUT2D eigenvalue weighted by molar-refractivity contribution is 5.98. The van der Waals surface area contributed by atoms with Gasteiger partial charge in [-0.15, -0.1) is 0 Å². The molecule has 0 aliphatic carbocycles. The number of hydrogen-bond acceptors (Lipinski definition) is 5. The van der Waals surface area contributed by atoms with E-state index in [4.69, 9.17) is 13.9 Å². The van der Waals surface area contributed by atoms with Gasteiger partial charge in [0.05, 0.1) is 12.5 Å². The van der Waals surface area contributed by atoms with Gasteiger partial charge in [-0.05, 0) is 38.1 Å². The van der Waals surface area contributed by atoms with Gasteiger partial charge >= 0.3 is 5.97 Å². The van der Waals surface area contributed by atoms with Crippen molar-refractivity contribution in [1.29, 1.82) is 0 Å². The van der Waals surface area contributed by atoms with E-state index in [1.165, 1.54) is 26.4 Å². The molecule has 0 radical (unpaired) electrons. The van der Waals surface area contributed by atoms with Gasteiger partial charge in [-0.2, -0.15) is 0 Å². The zero-order chi connectivity index (χ0) is 15.4. The molecule has 0 bridgehead atoms. The second-order valence-electron chi connectivity index (χ2n) is 5.50. The summed E-state index contributed by atoms with van der Waals surface area (Å²) in [5.74, 6) is 0.117. The van der Waals surface area contributed by atoms with E-state index in [1.54, 1.807) is 0 Å². The minimum Gasteiger partial charge on any atom is -0.487 e. The smallest absolute Gasteiger partial charge is 0.377 e. The van der Waals surface area contributed by atoms with Gasteiger partial charge in [-0.1, -0.05) is 18.6 Å². The summed E-state index contributed by atoms with van der Waals surface area (Å²) in [6, 6.07) is 7.47. The normalized spacial score (nSPS) is 15.9. The molecule has 0 saturated carbocycles. The minimum absolute atomic E-state index is 0.141. The molecule has 118 valence electrons. The first kappa shape index (κ1) is 14.9. The molecule has 22 heavy (non-hydrogen) atoms. The molecule has 5 nitrogen and oxygen atoms in total. The first-order valence-electron chi connectivity index (χ1n) is 7.74. The lowest BCUT2D eigenvalue weighted by atomic mass is 10.1. The number of carbonyl (C=O) groups is 1. The number of furan rings is 1. The Morgan fingerprint density at radius 1 is 1.23 bits per heavy atom. The molecule has 1 saturated heterocycles. The molecule has 0 atom stereocenters. The third-order valence-electron chi connectivity index (χ3n) is 4.02. The Labute approximate surface area is 129 Å². The molecule has 1 aromatic heterocycles. The number of fused-ring (bicyclic) bond motifs is 1. The summed E-state index contributed by atoms with van der Waals surface area (Å²) in [5.41, 5.74) is 0.635. The fraction of sp³-hybridized carbons (Fsp3) is 0.471. The van der Waals surface area contributed by atoms with Crippen LogP contribution in [0.1, 0.15) is 29.8 Å². The van der Waals surface area contributed by atoms with E-state index in [9.17, 15) is 4.79 Å². The minimum atomic E-state index is -0.510. The highest BCUT2D eigenvalue weighted by Gasteiger charge is 2.22. The highest BCUT2D eigenvalue weighted by Crippen LogP contribution is 2.33. The maximum Gasteiger partial charge on any atom is 0.377 e. The van der Waals surface area contributed by atoms with Crippen molar-refractivity contribution in [1.82, 2.24) is 4.90 Å². The van der Waals surface area contributed by atoms with Crippen molar-refractivity contribution in [2.75, 3.05) is 33.4 Å². The topological polar surface area (TPSA) is 51.9 Å². The molecule has 0 amide bonds. The molecule has 0 unspecified atom stereocenters. The molecule has 1 aliphatic heterocycles. The van der Waals surface area contributed by atoms with E-state index in [-0.39, 0.29) is 5.76 Å². The van der Waals surface area contributed by atoms with E-state index >= 15 is 0 Å². The molecule has 1 aromatic carbocycles. The number of ether oxygens (including phenoxy) is 2. The maximum absolute atomic E-state index is 11.9. The van der Waals surface area contributed by atoms with Crippen LogP contribution in [0.25, 0.3) is 11.0 Å². The average Bonchev–Trinajstić information content (AvgIpc) is 2.94. The van der Waals surface area contributed by atoms with Crippen LogP contribution in [-0.4, -0.2) is 44.2 Å². The number of carbonyl (C=O) groups excluding carboxylic acids is 1. The number of hydrogen-bond donors (Lipinski definition) is 0. The summed E-state index contributed by atoms with van der Waals surface area (Å²) < 4.78 is 16.2. The first-order valence-corrected chi connectivity index (χ1v) is 7.74. The molecule has 3 rings (SSSR count). The monoisotopic (exact) mass is 303 g/mol. The predicted molar refractivity (Wildman–Crippen MR) is 83.3 cm³/mol. The zero-order valence-electron chi connectivity index (χ0n) is 12.8. The molecule has 5 heteroatoms. The van der Waals surface area contributed by atoms with Gasteiger partial charge in [0, 0.05) is 6.54 Å². The van der Waals surface area contributed by atoms with E-state index in [1.807, 2.05) is 24.3 Å². The van der Waals surface area contributed by atoms with Crippen molar-refractivity contribution in [2.24, 2.45) is 0 Å². The summed E-state index contributed by atoms with van der Waals surface area (Å²) in [6.45, 7) is 3.65.